The van der Waals surface area contributed by atoms with Crippen LogP contribution in [-0.4, -0.2) is 48.3 Å². The zero-order valence-corrected chi connectivity index (χ0v) is 22.4. The number of aliphatic hydroxyl groups is 1. The number of nitrogens with zero attached hydrogens (tertiary/aromatic N) is 1. The fourth-order valence-electron chi connectivity index (χ4n) is 5.40. The first-order valence-electron chi connectivity index (χ1n) is 12.2. The maximum absolute atomic E-state index is 11.7. The Morgan fingerprint density at radius 3 is 2.50 bits per heavy atom. The Morgan fingerprint density at radius 1 is 1.09 bits per heavy atom. The van der Waals surface area contributed by atoms with Crippen molar-refractivity contribution in [3.63, 3.8) is 0 Å². The van der Waals surface area contributed by atoms with Crippen molar-refractivity contribution in [1.29, 1.82) is 0 Å². The van der Waals surface area contributed by atoms with Gasteiger partial charge in [0.25, 0.3) is 0 Å². The Labute approximate surface area is 222 Å². The second kappa shape index (κ2) is 13.9. The molecule has 34 heavy (non-hydrogen) atoms. The van der Waals surface area contributed by atoms with E-state index in [9.17, 15) is 5.11 Å². The number of nitrogens with one attached hydrogen (secondary N) is 1. The summed E-state index contributed by atoms with van der Waals surface area (Å²) in [5, 5.41) is 15.8. The number of halogens is 3. The first-order chi connectivity index (χ1) is 15.6. The van der Waals surface area contributed by atoms with E-state index in [1.54, 1.807) is 0 Å². The summed E-state index contributed by atoms with van der Waals surface area (Å²) in [5.41, 5.74) is 1.57. The van der Waals surface area contributed by atoms with Gasteiger partial charge >= 0.3 is 0 Å². The van der Waals surface area contributed by atoms with Crippen molar-refractivity contribution in [3.05, 3.63) is 64.7 Å². The maximum atomic E-state index is 11.7. The summed E-state index contributed by atoms with van der Waals surface area (Å²) in [6.45, 7) is 3.49. The van der Waals surface area contributed by atoms with Gasteiger partial charge in [0.1, 0.15) is 12.4 Å². The van der Waals surface area contributed by atoms with E-state index in [0.29, 0.717) is 23.4 Å². The van der Waals surface area contributed by atoms with Gasteiger partial charge in [0.2, 0.25) is 0 Å². The molecular weight excluding hydrogens is 491 g/mol. The van der Waals surface area contributed by atoms with E-state index in [1.165, 1.54) is 19.3 Å². The SMILES string of the molecule is CN[C@@H]1CCCN(CC(c2ccc(OCc3ccccc3)c(Cl)c2)C2(O)CCCCC2)C1.Cl.Cl. The zero-order chi connectivity index (χ0) is 22.4. The monoisotopic (exact) mass is 528 g/mol. The van der Waals surface area contributed by atoms with Crippen LogP contribution in [0.5, 0.6) is 5.75 Å². The average molecular weight is 530 g/mol. The van der Waals surface area contributed by atoms with Gasteiger partial charge in [-0.1, -0.05) is 67.3 Å². The van der Waals surface area contributed by atoms with Crippen molar-refractivity contribution < 1.29 is 9.84 Å². The molecule has 190 valence electrons. The lowest BCUT2D eigenvalue weighted by molar-refractivity contribution is -0.0329. The number of hydrogen-bond acceptors (Lipinski definition) is 4. The highest BCUT2D eigenvalue weighted by Crippen LogP contribution is 2.42. The fraction of sp³-hybridized carbons (Fsp3) is 0.556. The molecule has 0 amide bonds. The van der Waals surface area contributed by atoms with Crippen LogP contribution < -0.4 is 10.1 Å². The lowest BCUT2D eigenvalue weighted by Crippen LogP contribution is -2.49. The molecule has 1 aliphatic heterocycles. The predicted octanol–water partition coefficient (Wildman–Crippen LogP) is 6.23. The van der Waals surface area contributed by atoms with E-state index < -0.39 is 5.60 Å². The average Bonchev–Trinajstić information content (AvgIpc) is 2.83. The predicted molar refractivity (Wildman–Crippen MR) is 146 cm³/mol. The molecule has 1 unspecified atom stereocenters. The molecule has 1 aliphatic carbocycles. The van der Waals surface area contributed by atoms with E-state index in [-0.39, 0.29) is 30.7 Å². The zero-order valence-electron chi connectivity index (χ0n) is 20.0. The summed E-state index contributed by atoms with van der Waals surface area (Å²) in [4.78, 5) is 2.52. The van der Waals surface area contributed by atoms with Gasteiger partial charge in [-0.15, -0.1) is 24.8 Å². The molecule has 4 rings (SSSR count). The first-order valence-corrected chi connectivity index (χ1v) is 12.5. The molecule has 1 heterocycles. The Kier molecular flexibility index (Phi) is 12.0. The summed E-state index contributed by atoms with van der Waals surface area (Å²) >= 11 is 6.68. The third-order valence-electron chi connectivity index (χ3n) is 7.32. The third-order valence-corrected chi connectivity index (χ3v) is 7.61. The Hall–Kier alpha value is -1.01. The standard InChI is InChI=1S/C27H37ClN2O2.2ClH/c1-29-23-11-8-16-30(18-23)19-24(27(31)14-6-3-7-15-27)22-12-13-26(25(28)17-22)32-20-21-9-4-2-5-10-21;;/h2,4-5,9-10,12-13,17,23-24,29,31H,3,6-8,11,14-16,18-20H2,1H3;2*1H/t23-,24?;;/m1../s1. The molecule has 2 fully saturated rings. The van der Waals surface area contributed by atoms with Crippen LogP contribution in [0.25, 0.3) is 0 Å². The minimum Gasteiger partial charge on any atom is -0.487 e. The molecule has 4 nitrogen and oxygen atoms in total. The highest BCUT2D eigenvalue weighted by atomic mass is 35.5. The van der Waals surface area contributed by atoms with Gasteiger partial charge in [-0.2, -0.15) is 0 Å². The van der Waals surface area contributed by atoms with Crippen LogP contribution in [0.3, 0.4) is 0 Å². The van der Waals surface area contributed by atoms with Gasteiger partial charge in [-0.05, 0) is 62.5 Å². The molecule has 2 aromatic rings. The topological polar surface area (TPSA) is 44.7 Å². The maximum Gasteiger partial charge on any atom is 0.138 e. The van der Waals surface area contributed by atoms with Crippen molar-refractivity contribution in [1.82, 2.24) is 10.2 Å². The molecule has 0 bridgehead atoms. The van der Waals surface area contributed by atoms with Gasteiger partial charge < -0.3 is 20.1 Å². The third kappa shape index (κ3) is 7.49. The number of piperidine rings is 1. The summed E-state index contributed by atoms with van der Waals surface area (Å²) in [6.07, 6.45) is 7.56. The van der Waals surface area contributed by atoms with Crippen LogP contribution in [0.4, 0.5) is 0 Å². The summed E-state index contributed by atoms with van der Waals surface area (Å²) in [7, 11) is 2.05. The smallest absolute Gasteiger partial charge is 0.138 e. The molecule has 0 aromatic heterocycles. The van der Waals surface area contributed by atoms with Crippen molar-refractivity contribution in [2.75, 3.05) is 26.7 Å². The largest absolute Gasteiger partial charge is 0.487 e. The highest BCUT2D eigenvalue weighted by molar-refractivity contribution is 6.32. The van der Waals surface area contributed by atoms with E-state index >= 15 is 0 Å². The molecule has 0 radical (unpaired) electrons. The van der Waals surface area contributed by atoms with E-state index in [1.807, 2.05) is 49.5 Å². The Bertz CT molecular complexity index is 862. The fourth-order valence-corrected chi connectivity index (χ4v) is 5.64. The van der Waals surface area contributed by atoms with Crippen LogP contribution in [0.15, 0.2) is 48.5 Å². The van der Waals surface area contributed by atoms with Gasteiger partial charge in [0, 0.05) is 25.0 Å². The van der Waals surface area contributed by atoms with Crippen LogP contribution in [0.2, 0.25) is 5.02 Å². The van der Waals surface area contributed by atoms with Crippen molar-refractivity contribution >= 4 is 36.4 Å². The van der Waals surface area contributed by atoms with E-state index in [0.717, 1.165) is 56.4 Å². The lowest BCUT2D eigenvalue weighted by Gasteiger charge is -2.43. The van der Waals surface area contributed by atoms with Crippen molar-refractivity contribution in [3.8, 4) is 5.75 Å². The molecular formula is C27H39Cl3N2O2. The number of rotatable bonds is 8. The van der Waals surface area contributed by atoms with Crippen LogP contribution in [0.1, 0.15) is 62.0 Å². The molecule has 1 saturated carbocycles. The van der Waals surface area contributed by atoms with Crippen LogP contribution >= 0.6 is 36.4 Å². The van der Waals surface area contributed by atoms with Gasteiger partial charge in [0.15, 0.2) is 0 Å². The second-order valence-electron chi connectivity index (χ2n) is 9.57. The Balaban J connectivity index is 0.00000204. The quantitative estimate of drug-likeness (QED) is 0.426. The summed E-state index contributed by atoms with van der Waals surface area (Å²) in [6, 6.07) is 16.8. The van der Waals surface area contributed by atoms with Gasteiger partial charge in [0.05, 0.1) is 10.6 Å². The molecule has 1 saturated heterocycles. The summed E-state index contributed by atoms with van der Waals surface area (Å²) < 4.78 is 5.99. The van der Waals surface area contributed by atoms with Crippen molar-refractivity contribution in [2.45, 2.75) is 69.1 Å². The van der Waals surface area contributed by atoms with Crippen LogP contribution in [-0.2, 0) is 6.61 Å². The molecule has 2 aliphatic rings. The van der Waals surface area contributed by atoms with Crippen molar-refractivity contribution in [2.24, 2.45) is 0 Å². The lowest BCUT2D eigenvalue weighted by atomic mass is 9.72. The molecule has 0 spiro atoms. The number of benzene rings is 2. The number of likely N-dealkylation sites (tertiary alicyclic amines) is 1. The van der Waals surface area contributed by atoms with Gasteiger partial charge in [-0.25, -0.2) is 0 Å². The molecule has 2 aromatic carbocycles. The minimum absolute atomic E-state index is 0. The van der Waals surface area contributed by atoms with Gasteiger partial charge in [-0.3, -0.25) is 0 Å². The first kappa shape index (κ1) is 29.2. The Morgan fingerprint density at radius 2 is 1.82 bits per heavy atom. The minimum atomic E-state index is -0.666. The molecule has 2 atom stereocenters. The second-order valence-corrected chi connectivity index (χ2v) is 9.98. The highest BCUT2D eigenvalue weighted by Gasteiger charge is 2.40. The summed E-state index contributed by atoms with van der Waals surface area (Å²) in [5.74, 6) is 0.751. The molecule has 2 N–H and O–H groups in total. The normalized spacial score (nSPS) is 21.1. The number of likely N-dealkylation sites (N-methyl/N-ethyl adjacent to an activating group) is 1. The number of hydrogen-bond donors (Lipinski definition) is 2. The molecule has 7 heteroatoms. The number of ether oxygens (including phenoxy) is 1. The van der Waals surface area contributed by atoms with Crippen LogP contribution in [0, 0.1) is 0 Å². The van der Waals surface area contributed by atoms with E-state index in [2.05, 4.69) is 16.3 Å². The van der Waals surface area contributed by atoms with E-state index in [4.69, 9.17) is 16.3 Å².